The third-order valence-corrected chi connectivity index (χ3v) is 2.67. The third-order valence-electron chi connectivity index (χ3n) is 2.67. The summed E-state index contributed by atoms with van der Waals surface area (Å²) < 4.78 is 10.8. The van der Waals surface area contributed by atoms with Crippen molar-refractivity contribution in [3.05, 3.63) is 0 Å². The van der Waals surface area contributed by atoms with Crippen LogP contribution in [0.5, 0.6) is 0 Å². The quantitative estimate of drug-likeness (QED) is 0.443. The molecule has 0 spiro atoms. The Hall–Kier alpha value is -0.0800. The summed E-state index contributed by atoms with van der Waals surface area (Å²) in [5.74, 6) is 0.749. The van der Waals surface area contributed by atoms with Crippen LogP contribution in [0.2, 0.25) is 0 Å². The second-order valence-corrected chi connectivity index (χ2v) is 3.42. The van der Waals surface area contributed by atoms with Gasteiger partial charge in [0.1, 0.15) is 12.2 Å². The fourth-order valence-corrected chi connectivity index (χ4v) is 1.99. The van der Waals surface area contributed by atoms with E-state index in [-0.39, 0.29) is 0 Å². The van der Waals surface area contributed by atoms with Gasteiger partial charge < -0.3 is 9.47 Å². The molecule has 5 unspecified atom stereocenters. The van der Waals surface area contributed by atoms with Crippen molar-refractivity contribution in [2.24, 2.45) is 5.92 Å². The van der Waals surface area contributed by atoms with Gasteiger partial charge >= 0.3 is 0 Å². The summed E-state index contributed by atoms with van der Waals surface area (Å²) in [6.07, 6.45) is 3.37. The standard InChI is InChI=1S/C7H10O2/c1-3-2-4-6(8-4)7-5(3)9-7/h3-7H,2H2,1H3. The minimum atomic E-state index is 0.499. The first-order valence-corrected chi connectivity index (χ1v) is 3.67. The molecule has 2 nitrogen and oxygen atoms in total. The largest absolute Gasteiger partial charge is 0.367 e. The van der Waals surface area contributed by atoms with Gasteiger partial charge in [-0.25, -0.2) is 0 Å². The van der Waals surface area contributed by atoms with Crippen LogP contribution >= 0.6 is 0 Å². The molecule has 0 amide bonds. The van der Waals surface area contributed by atoms with Crippen LogP contribution in [0, 0.1) is 5.92 Å². The number of hydrogen-bond donors (Lipinski definition) is 0. The highest BCUT2D eigenvalue weighted by molar-refractivity contribution is 5.10. The predicted molar refractivity (Wildman–Crippen MR) is 31.1 cm³/mol. The Morgan fingerprint density at radius 1 is 1.11 bits per heavy atom. The van der Waals surface area contributed by atoms with Crippen molar-refractivity contribution in [2.75, 3.05) is 0 Å². The average Bonchev–Trinajstić information content (AvgIpc) is 2.54. The van der Waals surface area contributed by atoms with E-state index in [0.29, 0.717) is 24.4 Å². The molecule has 2 saturated heterocycles. The second-order valence-electron chi connectivity index (χ2n) is 3.42. The lowest BCUT2D eigenvalue weighted by Gasteiger charge is -2.07. The molecule has 0 N–H and O–H groups in total. The Morgan fingerprint density at radius 3 is 2.89 bits per heavy atom. The molecule has 2 heterocycles. The van der Waals surface area contributed by atoms with Crippen molar-refractivity contribution < 1.29 is 9.47 Å². The maximum atomic E-state index is 5.42. The minimum Gasteiger partial charge on any atom is -0.367 e. The molecule has 0 bridgehead atoms. The van der Waals surface area contributed by atoms with Crippen molar-refractivity contribution in [3.8, 4) is 0 Å². The summed E-state index contributed by atoms with van der Waals surface area (Å²) in [7, 11) is 0. The van der Waals surface area contributed by atoms with E-state index in [1.165, 1.54) is 6.42 Å². The molecule has 3 rings (SSSR count). The lowest BCUT2D eigenvalue weighted by molar-refractivity contribution is 0.265. The minimum absolute atomic E-state index is 0.499. The normalized spacial score (nSPS) is 68.3. The number of fused-ring (bicyclic) bond motifs is 3. The van der Waals surface area contributed by atoms with Gasteiger partial charge in [0.25, 0.3) is 0 Å². The molecule has 0 aromatic heterocycles. The summed E-state index contributed by atoms with van der Waals surface area (Å²) in [4.78, 5) is 0. The van der Waals surface area contributed by atoms with Crippen LogP contribution in [0.4, 0.5) is 0 Å². The van der Waals surface area contributed by atoms with E-state index in [1.54, 1.807) is 0 Å². The highest BCUT2D eigenvalue weighted by Crippen LogP contribution is 2.50. The third kappa shape index (κ3) is 0.485. The van der Waals surface area contributed by atoms with Crippen molar-refractivity contribution in [3.63, 3.8) is 0 Å². The van der Waals surface area contributed by atoms with Crippen molar-refractivity contribution in [1.82, 2.24) is 0 Å². The highest BCUT2D eigenvalue weighted by atomic mass is 16.7. The molecule has 2 aliphatic heterocycles. The van der Waals surface area contributed by atoms with Gasteiger partial charge in [0, 0.05) is 0 Å². The van der Waals surface area contributed by atoms with Crippen LogP contribution in [0.3, 0.4) is 0 Å². The molecule has 3 aliphatic rings. The van der Waals surface area contributed by atoms with Crippen molar-refractivity contribution >= 4 is 0 Å². The van der Waals surface area contributed by atoms with Crippen LogP contribution in [0.25, 0.3) is 0 Å². The van der Waals surface area contributed by atoms with E-state index in [1.807, 2.05) is 0 Å². The van der Waals surface area contributed by atoms with Crippen LogP contribution in [0.1, 0.15) is 13.3 Å². The topological polar surface area (TPSA) is 25.1 Å². The monoisotopic (exact) mass is 126 g/mol. The van der Waals surface area contributed by atoms with Gasteiger partial charge in [-0.15, -0.1) is 0 Å². The molecular formula is C7H10O2. The zero-order valence-electron chi connectivity index (χ0n) is 5.41. The van der Waals surface area contributed by atoms with Gasteiger partial charge in [-0.1, -0.05) is 6.92 Å². The van der Waals surface area contributed by atoms with E-state index in [2.05, 4.69) is 6.92 Å². The maximum Gasteiger partial charge on any atom is 0.113 e. The molecule has 9 heavy (non-hydrogen) atoms. The first-order chi connectivity index (χ1) is 4.36. The van der Waals surface area contributed by atoms with Crippen LogP contribution in [-0.2, 0) is 9.47 Å². The molecule has 2 heteroatoms. The predicted octanol–water partition coefficient (Wildman–Crippen LogP) is 0.561. The fraction of sp³-hybridized carbons (Fsp3) is 1.00. The zero-order chi connectivity index (χ0) is 6.01. The molecule has 5 atom stereocenters. The van der Waals surface area contributed by atoms with Gasteiger partial charge in [-0.3, -0.25) is 0 Å². The Bertz CT molecular complexity index is 152. The average molecular weight is 126 g/mol. The van der Waals surface area contributed by atoms with Crippen molar-refractivity contribution in [1.29, 1.82) is 0 Å². The smallest absolute Gasteiger partial charge is 0.113 e. The Balaban J connectivity index is 1.87. The number of epoxide rings is 2. The van der Waals surface area contributed by atoms with E-state index in [9.17, 15) is 0 Å². The molecule has 0 aromatic carbocycles. The fourth-order valence-electron chi connectivity index (χ4n) is 1.99. The summed E-state index contributed by atoms with van der Waals surface area (Å²) in [5.41, 5.74) is 0. The first-order valence-electron chi connectivity index (χ1n) is 3.67. The first kappa shape index (κ1) is 4.69. The van der Waals surface area contributed by atoms with Gasteiger partial charge in [-0.05, 0) is 12.3 Å². The lowest BCUT2D eigenvalue weighted by Crippen LogP contribution is -2.19. The lowest BCUT2D eigenvalue weighted by atomic mass is 9.91. The summed E-state index contributed by atoms with van der Waals surface area (Å²) >= 11 is 0. The Morgan fingerprint density at radius 2 is 2.00 bits per heavy atom. The van der Waals surface area contributed by atoms with Gasteiger partial charge in [0.2, 0.25) is 0 Å². The Kier molecular flexibility index (Phi) is 0.616. The SMILES string of the molecule is CC1CC2OC2C2OC12. The van der Waals surface area contributed by atoms with Crippen molar-refractivity contribution in [2.45, 2.75) is 37.8 Å². The summed E-state index contributed by atoms with van der Waals surface area (Å²) in [6, 6.07) is 0. The van der Waals surface area contributed by atoms with Gasteiger partial charge in [-0.2, -0.15) is 0 Å². The number of ether oxygens (including phenoxy) is 2. The van der Waals surface area contributed by atoms with Gasteiger partial charge in [0.05, 0.1) is 12.2 Å². The zero-order valence-corrected chi connectivity index (χ0v) is 5.41. The van der Waals surface area contributed by atoms with Crippen LogP contribution in [0.15, 0.2) is 0 Å². The van der Waals surface area contributed by atoms with E-state index in [0.717, 1.165) is 5.92 Å². The maximum absolute atomic E-state index is 5.42. The number of rotatable bonds is 0. The molecule has 50 valence electrons. The molecule has 1 aliphatic carbocycles. The molecule has 3 fully saturated rings. The van der Waals surface area contributed by atoms with E-state index >= 15 is 0 Å². The second kappa shape index (κ2) is 1.18. The summed E-state index contributed by atoms with van der Waals surface area (Å²) in [6.45, 7) is 2.25. The highest BCUT2D eigenvalue weighted by Gasteiger charge is 2.63. The van der Waals surface area contributed by atoms with Crippen LogP contribution < -0.4 is 0 Å². The van der Waals surface area contributed by atoms with E-state index in [4.69, 9.17) is 9.47 Å². The summed E-state index contributed by atoms with van der Waals surface area (Å²) in [5, 5.41) is 0. The number of hydrogen-bond acceptors (Lipinski definition) is 2. The Labute approximate surface area is 54.1 Å². The van der Waals surface area contributed by atoms with E-state index < -0.39 is 0 Å². The van der Waals surface area contributed by atoms with Crippen LogP contribution in [-0.4, -0.2) is 24.4 Å². The van der Waals surface area contributed by atoms with Gasteiger partial charge in [0.15, 0.2) is 0 Å². The molecule has 0 aromatic rings. The molecule has 1 saturated carbocycles. The molecular weight excluding hydrogens is 116 g/mol. The molecule has 0 radical (unpaired) electrons.